The molecule has 1 atom stereocenters. The highest BCUT2D eigenvalue weighted by Gasteiger charge is 2.19. The molecule has 0 saturated heterocycles. The van der Waals surface area contributed by atoms with E-state index < -0.39 is 21.9 Å². The maximum atomic E-state index is 12.9. The largest absolute Gasteiger partial charge is 0.392 e. The number of aliphatic hydroxyl groups is 1. The Labute approximate surface area is 117 Å². The van der Waals surface area contributed by atoms with Gasteiger partial charge in [0.1, 0.15) is 10.7 Å². The van der Waals surface area contributed by atoms with Crippen LogP contribution in [0.4, 0.5) is 4.39 Å². The van der Waals surface area contributed by atoms with Crippen molar-refractivity contribution in [2.24, 2.45) is 5.92 Å². The van der Waals surface area contributed by atoms with E-state index in [1.807, 2.05) is 13.8 Å². The fourth-order valence-electron chi connectivity index (χ4n) is 1.60. The Morgan fingerprint density at radius 1 is 1.42 bits per heavy atom. The molecule has 1 aromatic rings. The molecular weight excluding hydrogens is 293 g/mol. The third-order valence-corrected chi connectivity index (χ3v) is 4.34. The van der Waals surface area contributed by atoms with Gasteiger partial charge in [-0.3, -0.25) is 0 Å². The quantitative estimate of drug-likeness (QED) is 0.846. The molecule has 0 aromatic heterocycles. The second-order valence-corrected chi connectivity index (χ2v) is 6.85. The lowest BCUT2D eigenvalue weighted by Gasteiger charge is -2.14. The lowest BCUT2D eigenvalue weighted by molar-refractivity contribution is 0.152. The van der Waals surface area contributed by atoms with Crippen molar-refractivity contribution in [2.45, 2.75) is 31.3 Å². The van der Waals surface area contributed by atoms with Crippen molar-refractivity contribution >= 4 is 21.6 Å². The molecular formula is C12H17ClFNO3S. The predicted octanol–water partition coefficient (Wildman–Crippen LogP) is 2.16. The average Bonchev–Trinajstić information content (AvgIpc) is 2.25. The van der Waals surface area contributed by atoms with Crippen LogP contribution < -0.4 is 4.72 Å². The number of nitrogens with one attached hydrogen (secondary N) is 1. The zero-order chi connectivity index (χ0) is 14.6. The minimum absolute atomic E-state index is 0.103. The van der Waals surface area contributed by atoms with Gasteiger partial charge in [-0.05, 0) is 30.5 Å². The van der Waals surface area contributed by atoms with Crippen LogP contribution in [0.15, 0.2) is 23.1 Å². The molecule has 0 aliphatic heterocycles. The summed E-state index contributed by atoms with van der Waals surface area (Å²) in [6.07, 6.45) is -0.284. The minimum Gasteiger partial charge on any atom is -0.392 e. The van der Waals surface area contributed by atoms with Crippen molar-refractivity contribution in [3.8, 4) is 0 Å². The molecule has 2 N–H and O–H groups in total. The van der Waals surface area contributed by atoms with Gasteiger partial charge in [-0.1, -0.05) is 25.4 Å². The van der Waals surface area contributed by atoms with Crippen LogP contribution in [0.1, 0.15) is 20.3 Å². The zero-order valence-corrected chi connectivity index (χ0v) is 12.3. The number of sulfonamides is 1. The van der Waals surface area contributed by atoms with E-state index >= 15 is 0 Å². The summed E-state index contributed by atoms with van der Waals surface area (Å²) in [4.78, 5) is -0.202. The molecule has 7 heteroatoms. The molecule has 0 fully saturated rings. The first-order chi connectivity index (χ1) is 8.72. The van der Waals surface area contributed by atoms with E-state index in [1.54, 1.807) is 0 Å². The van der Waals surface area contributed by atoms with E-state index in [4.69, 9.17) is 11.6 Å². The first-order valence-electron chi connectivity index (χ1n) is 5.85. The second-order valence-electron chi connectivity index (χ2n) is 4.71. The fourth-order valence-corrected chi connectivity index (χ4v) is 3.21. The van der Waals surface area contributed by atoms with Crippen LogP contribution in [-0.2, 0) is 10.0 Å². The highest BCUT2D eigenvalue weighted by Crippen LogP contribution is 2.21. The van der Waals surface area contributed by atoms with E-state index in [2.05, 4.69) is 4.72 Å². The summed E-state index contributed by atoms with van der Waals surface area (Å²) in [5.41, 5.74) is 0. The predicted molar refractivity (Wildman–Crippen MR) is 72.1 cm³/mol. The molecule has 0 radical (unpaired) electrons. The van der Waals surface area contributed by atoms with Crippen molar-refractivity contribution in [2.75, 3.05) is 6.54 Å². The summed E-state index contributed by atoms with van der Waals surface area (Å²) in [6.45, 7) is 3.75. The Morgan fingerprint density at radius 3 is 2.58 bits per heavy atom. The molecule has 4 nitrogen and oxygen atoms in total. The Hall–Kier alpha value is -0.690. The van der Waals surface area contributed by atoms with Gasteiger partial charge < -0.3 is 5.11 Å². The van der Waals surface area contributed by atoms with Gasteiger partial charge in [0, 0.05) is 6.54 Å². The number of aliphatic hydroxyl groups excluding tert-OH is 1. The van der Waals surface area contributed by atoms with Gasteiger partial charge in [0.15, 0.2) is 0 Å². The monoisotopic (exact) mass is 309 g/mol. The fraction of sp³-hybridized carbons (Fsp3) is 0.500. The second kappa shape index (κ2) is 6.65. The standard InChI is InChI=1S/C12H17ClFNO3S/c1-8(2)5-10(16)7-15-19(17,18)12-4-3-9(14)6-11(12)13/h3-4,6,8,10,15-16H,5,7H2,1-2H3. The SMILES string of the molecule is CC(C)CC(O)CNS(=O)(=O)c1ccc(F)cc1Cl. The van der Waals surface area contributed by atoms with Crippen LogP contribution >= 0.6 is 11.6 Å². The van der Waals surface area contributed by atoms with Crippen LogP contribution in [0.3, 0.4) is 0 Å². The van der Waals surface area contributed by atoms with Crippen molar-refractivity contribution in [3.05, 3.63) is 29.0 Å². The molecule has 0 amide bonds. The minimum atomic E-state index is -3.85. The van der Waals surface area contributed by atoms with Crippen LogP contribution in [-0.4, -0.2) is 26.2 Å². The lowest BCUT2D eigenvalue weighted by atomic mass is 10.1. The smallest absolute Gasteiger partial charge is 0.242 e. The third kappa shape index (κ3) is 5.06. The van der Waals surface area contributed by atoms with Crippen LogP contribution in [0, 0.1) is 11.7 Å². The molecule has 1 unspecified atom stereocenters. The summed E-state index contributed by atoms with van der Waals surface area (Å²) in [7, 11) is -3.85. The van der Waals surface area contributed by atoms with E-state index in [-0.39, 0.29) is 22.4 Å². The number of rotatable bonds is 6. The summed E-state index contributed by atoms with van der Waals surface area (Å²) in [6, 6.07) is 3.04. The van der Waals surface area contributed by atoms with Crippen LogP contribution in [0.2, 0.25) is 5.02 Å². The number of benzene rings is 1. The molecule has 0 saturated carbocycles. The first-order valence-corrected chi connectivity index (χ1v) is 7.71. The molecule has 19 heavy (non-hydrogen) atoms. The first kappa shape index (κ1) is 16.4. The summed E-state index contributed by atoms with van der Waals surface area (Å²) < 4.78 is 39.0. The highest BCUT2D eigenvalue weighted by atomic mass is 35.5. The van der Waals surface area contributed by atoms with Crippen molar-refractivity contribution < 1.29 is 17.9 Å². The van der Waals surface area contributed by atoms with E-state index in [1.165, 1.54) is 0 Å². The molecule has 0 aliphatic carbocycles. The third-order valence-electron chi connectivity index (χ3n) is 2.44. The lowest BCUT2D eigenvalue weighted by Crippen LogP contribution is -2.33. The van der Waals surface area contributed by atoms with Gasteiger partial charge in [-0.15, -0.1) is 0 Å². The zero-order valence-electron chi connectivity index (χ0n) is 10.7. The molecule has 1 rings (SSSR count). The topological polar surface area (TPSA) is 66.4 Å². The maximum absolute atomic E-state index is 12.9. The van der Waals surface area contributed by atoms with E-state index in [9.17, 15) is 17.9 Å². The van der Waals surface area contributed by atoms with E-state index in [0.29, 0.717) is 6.42 Å². The van der Waals surface area contributed by atoms with Gasteiger partial charge in [0.25, 0.3) is 0 Å². The average molecular weight is 310 g/mol. The summed E-state index contributed by atoms with van der Waals surface area (Å²) >= 11 is 5.69. The van der Waals surface area contributed by atoms with Gasteiger partial charge in [0.2, 0.25) is 10.0 Å². The van der Waals surface area contributed by atoms with Crippen molar-refractivity contribution in [1.82, 2.24) is 4.72 Å². The number of hydrogen-bond acceptors (Lipinski definition) is 3. The normalized spacial score (nSPS) is 13.8. The van der Waals surface area contributed by atoms with Gasteiger partial charge in [0.05, 0.1) is 11.1 Å². The van der Waals surface area contributed by atoms with Gasteiger partial charge in [-0.25, -0.2) is 17.5 Å². The molecule has 1 aromatic carbocycles. The van der Waals surface area contributed by atoms with Crippen molar-refractivity contribution in [3.63, 3.8) is 0 Å². The summed E-state index contributed by atoms with van der Waals surface area (Å²) in [5.74, 6) is -0.349. The Bertz CT molecular complexity index is 534. The van der Waals surface area contributed by atoms with Crippen molar-refractivity contribution in [1.29, 1.82) is 0 Å². The Balaban J connectivity index is 2.76. The molecule has 0 bridgehead atoms. The van der Waals surface area contributed by atoms with Gasteiger partial charge in [-0.2, -0.15) is 0 Å². The Kier molecular flexibility index (Phi) is 5.73. The highest BCUT2D eigenvalue weighted by molar-refractivity contribution is 7.89. The summed E-state index contributed by atoms with van der Waals surface area (Å²) in [5, 5.41) is 9.43. The molecule has 0 spiro atoms. The maximum Gasteiger partial charge on any atom is 0.242 e. The van der Waals surface area contributed by atoms with E-state index in [0.717, 1.165) is 18.2 Å². The number of hydrogen-bond donors (Lipinski definition) is 2. The molecule has 0 heterocycles. The molecule has 0 aliphatic rings. The number of halogens is 2. The van der Waals surface area contributed by atoms with Gasteiger partial charge >= 0.3 is 0 Å². The Morgan fingerprint density at radius 2 is 2.05 bits per heavy atom. The van der Waals surface area contributed by atoms with Crippen LogP contribution in [0.25, 0.3) is 0 Å². The molecule has 108 valence electrons. The van der Waals surface area contributed by atoms with Crippen LogP contribution in [0.5, 0.6) is 0 Å².